The molecule has 5 N–H and O–H groups in total. The van der Waals surface area contributed by atoms with Crippen LogP contribution in [0.4, 0.5) is 0 Å². The molecule has 1 aliphatic heterocycles. The van der Waals surface area contributed by atoms with Crippen LogP contribution < -0.4 is 5.73 Å². The highest BCUT2D eigenvalue weighted by Crippen LogP contribution is 2.43. The summed E-state index contributed by atoms with van der Waals surface area (Å²) in [5, 5.41) is 23.5. The fraction of sp³-hybridized carbons (Fsp3) is 0.500. The second-order valence-electron chi connectivity index (χ2n) is 4.50. The molecule has 1 saturated heterocycles. The zero-order chi connectivity index (χ0) is 16.5. The van der Waals surface area contributed by atoms with E-state index in [1.807, 2.05) is 0 Å². The van der Waals surface area contributed by atoms with Crippen molar-refractivity contribution in [2.24, 2.45) is 5.73 Å². The Kier molecular flexibility index (Phi) is 4.75. The Hall–Kier alpha value is -1.62. The van der Waals surface area contributed by atoms with Crippen LogP contribution in [0.5, 0.6) is 0 Å². The van der Waals surface area contributed by atoms with Gasteiger partial charge in [0.2, 0.25) is 5.82 Å². The number of amides is 1. The maximum absolute atomic E-state index is 11.3. The number of hydrogen-bond acceptors (Lipinski definition) is 8. The summed E-state index contributed by atoms with van der Waals surface area (Å²) in [4.78, 5) is 23.8. The highest BCUT2D eigenvalue weighted by Gasteiger charge is 2.45. The molecular weight excluding hydrogens is 319 g/mol. The van der Waals surface area contributed by atoms with Gasteiger partial charge in [-0.15, -0.1) is 5.10 Å². The fourth-order valence-electron chi connectivity index (χ4n) is 1.83. The van der Waals surface area contributed by atoms with Gasteiger partial charge in [-0.05, 0) is 0 Å². The number of primary amides is 1. The number of nitrogens with two attached hydrogens (primary N) is 1. The lowest BCUT2D eigenvalue weighted by Gasteiger charge is -2.15. The highest BCUT2D eigenvalue weighted by atomic mass is 31.2. The normalized spacial score (nSPS) is 30.9. The summed E-state index contributed by atoms with van der Waals surface area (Å²) in [6.07, 6.45) is -3.92. The van der Waals surface area contributed by atoms with Gasteiger partial charge in [-0.1, -0.05) is 6.58 Å². The number of carbonyl (C=O) groups excluding carboxylic acids is 1. The zero-order valence-corrected chi connectivity index (χ0v) is 12.1. The molecule has 1 fully saturated rings. The number of aromatic nitrogens is 3. The largest absolute Gasteiger partial charge is 0.387 e. The van der Waals surface area contributed by atoms with Crippen LogP contribution in [0.1, 0.15) is 16.8 Å². The van der Waals surface area contributed by atoms with E-state index in [1.54, 1.807) is 0 Å². The third-order valence-electron chi connectivity index (χ3n) is 2.98. The smallest absolute Gasteiger partial charge is 0.351 e. The standard InChI is InChI=1S/C10H15N4O7P/c1-2-22(18,19)20-3-5-6(15)7(16)10(21-5)14-4-12-9(13-14)8(11)17/h2,4-7,10,15-16H,1,3H2,(H2,11,17)(H,18,19)/t5-,6-,7-,10-/m1/s1. The first-order valence-electron chi connectivity index (χ1n) is 6.08. The van der Waals surface area contributed by atoms with Crippen molar-refractivity contribution < 1.29 is 33.7 Å². The van der Waals surface area contributed by atoms with E-state index in [9.17, 15) is 24.5 Å². The van der Waals surface area contributed by atoms with Crippen molar-refractivity contribution in [1.82, 2.24) is 14.8 Å². The number of aliphatic hydroxyl groups is 2. The molecule has 12 heteroatoms. The first-order chi connectivity index (χ1) is 10.2. The molecule has 11 nitrogen and oxygen atoms in total. The highest BCUT2D eigenvalue weighted by molar-refractivity contribution is 7.56. The number of nitrogens with zero attached hydrogens (tertiary/aromatic N) is 3. The molecule has 2 heterocycles. The number of hydrogen-bond donors (Lipinski definition) is 4. The quantitative estimate of drug-likeness (QED) is 0.444. The molecule has 1 amide bonds. The lowest BCUT2D eigenvalue weighted by molar-refractivity contribution is -0.0562. The molecule has 1 aromatic rings. The molecule has 0 radical (unpaired) electrons. The van der Waals surface area contributed by atoms with Gasteiger partial charge in [-0.25, -0.2) is 9.67 Å². The Labute approximate surface area is 124 Å². The lowest BCUT2D eigenvalue weighted by Crippen LogP contribution is -2.33. The molecule has 0 spiro atoms. The van der Waals surface area contributed by atoms with E-state index in [0.29, 0.717) is 0 Å². The van der Waals surface area contributed by atoms with Gasteiger partial charge in [0, 0.05) is 5.82 Å². The van der Waals surface area contributed by atoms with E-state index in [2.05, 4.69) is 21.2 Å². The number of ether oxygens (including phenoxy) is 1. The van der Waals surface area contributed by atoms with Crippen LogP contribution >= 0.6 is 7.60 Å². The number of aliphatic hydroxyl groups excluding tert-OH is 2. The summed E-state index contributed by atoms with van der Waals surface area (Å²) < 4.78 is 22.3. The average Bonchev–Trinajstić information content (AvgIpc) is 3.05. The molecule has 0 aromatic carbocycles. The summed E-state index contributed by atoms with van der Waals surface area (Å²) >= 11 is 0. The molecule has 1 aliphatic rings. The van der Waals surface area contributed by atoms with Crippen molar-refractivity contribution in [1.29, 1.82) is 0 Å². The monoisotopic (exact) mass is 334 g/mol. The Bertz CT molecular complexity index is 620. The van der Waals surface area contributed by atoms with Crippen LogP contribution in [0.15, 0.2) is 18.7 Å². The average molecular weight is 334 g/mol. The van der Waals surface area contributed by atoms with Gasteiger partial charge in [0.1, 0.15) is 24.6 Å². The molecule has 0 bridgehead atoms. The third kappa shape index (κ3) is 3.40. The summed E-state index contributed by atoms with van der Waals surface area (Å²) in [5.41, 5.74) is 5.01. The van der Waals surface area contributed by atoms with Crippen molar-refractivity contribution in [2.45, 2.75) is 24.5 Å². The van der Waals surface area contributed by atoms with Gasteiger partial charge in [0.05, 0.1) is 6.61 Å². The van der Waals surface area contributed by atoms with Crippen LogP contribution in [0, 0.1) is 0 Å². The van der Waals surface area contributed by atoms with E-state index >= 15 is 0 Å². The first kappa shape index (κ1) is 16.7. The van der Waals surface area contributed by atoms with Crippen molar-refractivity contribution in [2.75, 3.05) is 6.61 Å². The maximum atomic E-state index is 11.3. The molecule has 1 unspecified atom stereocenters. The van der Waals surface area contributed by atoms with Gasteiger partial charge in [-0.2, -0.15) is 0 Å². The van der Waals surface area contributed by atoms with E-state index in [0.717, 1.165) is 16.8 Å². The van der Waals surface area contributed by atoms with Crippen molar-refractivity contribution in [3.8, 4) is 0 Å². The fourth-order valence-corrected chi connectivity index (χ4v) is 2.29. The molecule has 0 aliphatic carbocycles. The molecular formula is C10H15N4O7P. The van der Waals surface area contributed by atoms with Crippen LogP contribution in [0.2, 0.25) is 0 Å². The van der Waals surface area contributed by atoms with Crippen LogP contribution in [-0.4, -0.2) is 60.7 Å². The second kappa shape index (κ2) is 6.24. The molecule has 0 saturated carbocycles. The molecule has 2 rings (SSSR count). The Morgan fingerprint density at radius 1 is 1.59 bits per heavy atom. The third-order valence-corrected chi connectivity index (χ3v) is 3.96. The Morgan fingerprint density at radius 3 is 2.82 bits per heavy atom. The van der Waals surface area contributed by atoms with Gasteiger partial charge >= 0.3 is 7.60 Å². The topological polar surface area (TPSA) is 170 Å². The predicted molar refractivity (Wildman–Crippen MR) is 70.4 cm³/mol. The van der Waals surface area contributed by atoms with Crippen LogP contribution in [0.3, 0.4) is 0 Å². The minimum Gasteiger partial charge on any atom is -0.387 e. The molecule has 1 aromatic heterocycles. The Balaban J connectivity index is 2.07. The molecule has 22 heavy (non-hydrogen) atoms. The SMILES string of the molecule is C=CP(=O)(O)OC[C@H]1O[C@@H](n2cnc(C(N)=O)n2)[C@H](O)[C@@H]1O. The second-order valence-corrected chi connectivity index (χ2v) is 6.25. The van der Waals surface area contributed by atoms with E-state index in [4.69, 9.17) is 10.5 Å². The molecule has 5 atom stereocenters. The number of carbonyl (C=O) groups is 1. The Morgan fingerprint density at radius 2 is 2.27 bits per heavy atom. The predicted octanol–water partition coefficient (Wildman–Crippen LogP) is -1.66. The van der Waals surface area contributed by atoms with E-state index < -0.39 is 44.6 Å². The lowest BCUT2D eigenvalue weighted by atomic mass is 10.1. The van der Waals surface area contributed by atoms with E-state index in [1.165, 1.54) is 0 Å². The van der Waals surface area contributed by atoms with Gasteiger partial charge in [0.15, 0.2) is 6.23 Å². The summed E-state index contributed by atoms with van der Waals surface area (Å²) in [5.74, 6) is -0.408. The van der Waals surface area contributed by atoms with Crippen molar-refractivity contribution in [3.63, 3.8) is 0 Å². The summed E-state index contributed by atoms with van der Waals surface area (Å²) in [7, 11) is -3.98. The van der Waals surface area contributed by atoms with Crippen LogP contribution in [-0.2, 0) is 13.8 Å². The van der Waals surface area contributed by atoms with Gasteiger partial charge in [-0.3, -0.25) is 9.36 Å². The van der Waals surface area contributed by atoms with E-state index in [-0.39, 0.29) is 5.82 Å². The van der Waals surface area contributed by atoms with Gasteiger partial charge in [0.25, 0.3) is 5.91 Å². The minimum atomic E-state index is -3.98. The van der Waals surface area contributed by atoms with Crippen molar-refractivity contribution in [3.05, 3.63) is 24.5 Å². The zero-order valence-electron chi connectivity index (χ0n) is 11.2. The first-order valence-corrected chi connectivity index (χ1v) is 7.73. The van der Waals surface area contributed by atoms with Crippen LogP contribution in [0.25, 0.3) is 0 Å². The minimum absolute atomic E-state index is 0.281. The summed E-state index contributed by atoms with van der Waals surface area (Å²) in [6, 6.07) is 0. The van der Waals surface area contributed by atoms with Crippen molar-refractivity contribution >= 4 is 13.5 Å². The van der Waals surface area contributed by atoms with Gasteiger partial charge < -0.3 is 30.1 Å². The molecule has 122 valence electrons. The number of rotatable bonds is 6. The summed E-state index contributed by atoms with van der Waals surface area (Å²) in [6.45, 7) is 2.68. The maximum Gasteiger partial charge on any atom is 0.351 e.